The quantitative estimate of drug-likeness (QED) is 0.819. The van der Waals surface area contributed by atoms with Crippen LogP contribution in [0, 0.1) is 6.92 Å². The van der Waals surface area contributed by atoms with E-state index < -0.39 is 0 Å². The van der Waals surface area contributed by atoms with Gasteiger partial charge in [0.1, 0.15) is 5.82 Å². The molecule has 1 aliphatic carbocycles. The SMILES string of the molecule is Cc1nccc(CNC(=S)NC2CCCCC2)n1. The minimum Gasteiger partial charge on any atom is -0.360 e. The van der Waals surface area contributed by atoms with E-state index in [0.29, 0.717) is 12.6 Å². The van der Waals surface area contributed by atoms with E-state index in [1.54, 1.807) is 6.20 Å². The second-order valence-corrected chi connectivity index (χ2v) is 5.17. The van der Waals surface area contributed by atoms with Gasteiger partial charge in [-0.3, -0.25) is 0 Å². The van der Waals surface area contributed by atoms with Gasteiger partial charge in [-0.2, -0.15) is 0 Å². The Hall–Kier alpha value is -1.23. The van der Waals surface area contributed by atoms with Gasteiger partial charge in [0.25, 0.3) is 0 Å². The predicted molar refractivity (Wildman–Crippen MR) is 76.2 cm³/mol. The monoisotopic (exact) mass is 264 g/mol. The van der Waals surface area contributed by atoms with Gasteiger partial charge in [0.15, 0.2) is 5.11 Å². The molecule has 0 radical (unpaired) electrons. The molecule has 2 N–H and O–H groups in total. The number of nitrogens with one attached hydrogen (secondary N) is 2. The highest BCUT2D eigenvalue weighted by Crippen LogP contribution is 2.17. The molecule has 1 saturated carbocycles. The summed E-state index contributed by atoms with van der Waals surface area (Å²) >= 11 is 5.30. The van der Waals surface area contributed by atoms with Crippen LogP contribution >= 0.6 is 12.2 Å². The van der Waals surface area contributed by atoms with Crippen LogP contribution in [0.3, 0.4) is 0 Å². The molecule has 0 aliphatic heterocycles. The summed E-state index contributed by atoms with van der Waals surface area (Å²) in [4.78, 5) is 8.40. The summed E-state index contributed by atoms with van der Waals surface area (Å²) in [6, 6.07) is 2.45. The van der Waals surface area contributed by atoms with E-state index >= 15 is 0 Å². The number of nitrogens with zero attached hydrogens (tertiary/aromatic N) is 2. The average molecular weight is 264 g/mol. The van der Waals surface area contributed by atoms with Crippen molar-refractivity contribution in [1.29, 1.82) is 0 Å². The summed E-state index contributed by atoms with van der Waals surface area (Å²) in [5, 5.41) is 7.32. The molecule has 0 amide bonds. The molecule has 1 aromatic rings. The molecule has 5 heteroatoms. The van der Waals surface area contributed by atoms with Crippen LogP contribution in [0.15, 0.2) is 12.3 Å². The van der Waals surface area contributed by atoms with Gasteiger partial charge in [-0.1, -0.05) is 19.3 Å². The van der Waals surface area contributed by atoms with E-state index in [2.05, 4.69) is 20.6 Å². The van der Waals surface area contributed by atoms with Crippen molar-refractivity contribution in [3.8, 4) is 0 Å². The molecule has 2 rings (SSSR count). The fraction of sp³-hybridized carbons (Fsp3) is 0.615. The second kappa shape index (κ2) is 6.64. The van der Waals surface area contributed by atoms with Crippen LogP contribution in [-0.4, -0.2) is 21.1 Å². The average Bonchev–Trinajstić information content (AvgIpc) is 2.38. The zero-order chi connectivity index (χ0) is 12.8. The topological polar surface area (TPSA) is 49.8 Å². The van der Waals surface area contributed by atoms with Crippen LogP contribution < -0.4 is 10.6 Å². The summed E-state index contributed by atoms with van der Waals surface area (Å²) < 4.78 is 0. The molecule has 0 atom stereocenters. The van der Waals surface area contributed by atoms with Gasteiger partial charge in [0.2, 0.25) is 0 Å². The number of hydrogen-bond donors (Lipinski definition) is 2. The number of aryl methyl sites for hydroxylation is 1. The molecule has 18 heavy (non-hydrogen) atoms. The van der Waals surface area contributed by atoms with E-state index in [1.165, 1.54) is 32.1 Å². The van der Waals surface area contributed by atoms with Gasteiger partial charge in [-0.25, -0.2) is 9.97 Å². The first-order valence-electron chi connectivity index (χ1n) is 6.57. The normalized spacial score (nSPS) is 16.3. The Labute approximate surface area is 114 Å². The van der Waals surface area contributed by atoms with Crippen LogP contribution in [0.25, 0.3) is 0 Å². The van der Waals surface area contributed by atoms with Crippen LogP contribution in [0.5, 0.6) is 0 Å². The van der Waals surface area contributed by atoms with Gasteiger partial charge in [-0.15, -0.1) is 0 Å². The predicted octanol–water partition coefficient (Wildman–Crippen LogP) is 2.08. The Morgan fingerprint density at radius 2 is 2.17 bits per heavy atom. The van der Waals surface area contributed by atoms with E-state index in [9.17, 15) is 0 Å². The maximum absolute atomic E-state index is 5.30. The van der Waals surface area contributed by atoms with Gasteiger partial charge in [0.05, 0.1) is 12.2 Å². The highest BCUT2D eigenvalue weighted by Gasteiger charge is 2.13. The van der Waals surface area contributed by atoms with E-state index in [1.807, 2.05) is 13.0 Å². The Kier molecular flexibility index (Phi) is 4.87. The molecule has 0 saturated heterocycles. The smallest absolute Gasteiger partial charge is 0.166 e. The Morgan fingerprint density at radius 1 is 1.39 bits per heavy atom. The lowest BCUT2D eigenvalue weighted by Gasteiger charge is -2.24. The molecule has 1 aromatic heterocycles. The van der Waals surface area contributed by atoms with Crippen molar-refractivity contribution < 1.29 is 0 Å². The van der Waals surface area contributed by atoms with Crippen molar-refractivity contribution in [2.75, 3.05) is 0 Å². The van der Waals surface area contributed by atoms with E-state index in [-0.39, 0.29) is 0 Å². The minimum absolute atomic E-state index is 0.547. The molecule has 0 bridgehead atoms. The third-order valence-corrected chi connectivity index (χ3v) is 3.47. The van der Waals surface area contributed by atoms with Crippen LogP contribution in [0.4, 0.5) is 0 Å². The number of hydrogen-bond acceptors (Lipinski definition) is 3. The maximum atomic E-state index is 5.30. The van der Waals surface area contributed by atoms with Crippen LogP contribution in [0.1, 0.15) is 43.6 Å². The first-order valence-corrected chi connectivity index (χ1v) is 6.98. The van der Waals surface area contributed by atoms with Crippen molar-refractivity contribution in [1.82, 2.24) is 20.6 Å². The van der Waals surface area contributed by atoms with Crippen LogP contribution in [-0.2, 0) is 6.54 Å². The molecular formula is C13H20N4S. The van der Waals surface area contributed by atoms with Gasteiger partial charge in [0, 0.05) is 12.2 Å². The summed E-state index contributed by atoms with van der Waals surface area (Å²) in [6.07, 6.45) is 8.22. The highest BCUT2D eigenvalue weighted by molar-refractivity contribution is 7.80. The lowest BCUT2D eigenvalue weighted by molar-refractivity contribution is 0.412. The first kappa shape index (κ1) is 13.2. The largest absolute Gasteiger partial charge is 0.360 e. The maximum Gasteiger partial charge on any atom is 0.166 e. The molecule has 98 valence electrons. The number of thiocarbonyl (C=S) groups is 1. The molecule has 1 heterocycles. The molecule has 0 unspecified atom stereocenters. The second-order valence-electron chi connectivity index (χ2n) is 4.76. The molecule has 1 fully saturated rings. The molecular weight excluding hydrogens is 244 g/mol. The Bertz CT molecular complexity index is 402. The summed E-state index contributed by atoms with van der Waals surface area (Å²) in [5.74, 6) is 0.792. The van der Waals surface area contributed by atoms with Gasteiger partial charge in [-0.05, 0) is 38.0 Å². The van der Waals surface area contributed by atoms with E-state index in [4.69, 9.17) is 12.2 Å². The Morgan fingerprint density at radius 3 is 2.89 bits per heavy atom. The number of rotatable bonds is 3. The molecule has 0 spiro atoms. The molecule has 4 nitrogen and oxygen atoms in total. The van der Waals surface area contributed by atoms with Crippen molar-refractivity contribution in [3.63, 3.8) is 0 Å². The highest BCUT2D eigenvalue weighted by atomic mass is 32.1. The lowest BCUT2D eigenvalue weighted by atomic mass is 9.96. The lowest BCUT2D eigenvalue weighted by Crippen LogP contribution is -2.42. The van der Waals surface area contributed by atoms with E-state index in [0.717, 1.165) is 16.6 Å². The molecule has 0 aromatic carbocycles. The van der Waals surface area contributed by atoms with Crippen molar-refractivity contribution >= 4 is 17.3 Å². The van der Waals surface area contributed by atoms with Gasteiger partial charge >= 0.3 is 0 Å². The van der Waals surface area contributed by atoms with Crippen molar-refractivity contribution in [2.45, 2.75) is 51.6 Å². The zero-order valence-corrected chi connectivity index (χ0v) is 11.6. The zero-order valence-electron chi connectivity index (χ0n) is 10.8. The summed E-state index contributed by atoms with van der Waals surface area (Å²) in [5.41, 5.74) is 0.968. The third-order valence-electron chi connectivity index (χ3n) is 3.20. The summed E-state index contributed by atoms with van der Waals surface area (Å²) in [7, 11) is 0. The minimum atomic E-state index is 0.547. The molecule has 1 aliphatic rings. The number of aromatic nitrogens is 2. The standard InChI is InChI=1S/C13H20N4S/c1-10-14-8-7-12(16-10)9-15-13(18)17-11-5-3-2-4-6-11/h7-8,11H,2-6,9H2,1H3,(H2,15,17,18). The van der Waals surface area contributed by atoms with Crippen molar-refractivity contribution in [2.24, 2.45) is 0 Å². The summed E-state index contributed by atoms with van der Waals surface area (Å²) in [6.45, 7) is 2.55. The van der Waals surface area contributed by atoms with Gasteiger partial charge < -0.3 is 10.6 Å². The fourth-order valence-electron chi connectivity index (χ4n) is 2.26. The van der Waals surface area contributed by atoms with Crippen LogP contribution in [0.2, 0.25) is 0 Å². The Balaban J connectivity index is 1.74. The third kappa shape index (κ3) is 4.22. The van der Waals surface area contributed by atoms with Crippen molar-refractivity contribution in [3.05, 3.63) is 23.8 Å². The first-order chi connectivity index (χ1) is 8.74. The fourth-order valence-corrected chi connectivity index (χ4v) is 2.50.